The number of hydrogen-bond donors (Lipinski definition) is 1. The summed E-state index contributed by atoms with van der Waals surface area (Å²) in [6.45, 7) is 1.50. The van der Waals surface area contributed by atoms with E-state index in [2.05, 4.69) is 0 Å². The van der Waals surface area contributed by atoms with E-state index in [1.165, 1.54) is 12.1 Å². The van der Waals surface area contributed by atoms with Gasteiger partial charge < -0.3 is 5.11 Å². The molecular weight excluding hydrogens is 372 g/mol. The molecule has 1 aliphatic heterocycles. The number of nitrogens with zero attached hydrogens (tertiary/aromatic N) is 2. The largest absolute Gasteiger partial charge is 0.481 e. The number of aryl methyl sites for hydroxylation is 1. The van der Waals surface area contributed by atoms with Crippen molar-refractivity contribution in [3.8, 4) is 0 Å². The van der Waals surface area contributed by atoms with Gasteiger partial charge in [0.25, 0.3) is 5.69 Å². The monoisotopic (exact) mass is 388 g/mol. The van der Waals surface area contributed by atoms with Gasteiger partial charge in [-0.15, -0.1) is 0 Å². The molecule has 136 valence electrons. The molecule has 0 spiro atoms. The van der Waals surface area contributed by atoms with Crippen molar-refractivity contribution < 1.29 is 23.2 Å². The number of carboxylic acid groups (broad SMARTS) is 1. The Balaban J connectivity index is 2.05. The smallest absolute Gasteiger partial charge is 0.311 e. The van der Waals surface area contributed by atoms with Crippen molar-refractivity contribution in [1.82, 2.24) is 4.31 Å². The molecule has 0 radical (unpaired) electrons. The van der Waals surface area contributed by atoms with Crippen LogP contribution in [0.2, 0.25) is 5.02 Å². The second-order valence-electron chi connectivity index (χ2n) is 6.70. The molecule has 1 aromatic rings. The first kappa shape index (κ1) is 18.1. The minimum atomic E-state index is -4.13. The fraction of sp³-hybridized carbons (Fsp3) is 0.533. The maximum atomic E-state index is 13.0. The summed E-state index contributed by atoms with van der Waals surface area (Å²) >= 11 is 5.99. The molecule has 1 N–H and O–H groups in total. The van der Waals surface area contributed by atoms with E-state index in [1.807, 2.05) is 0 Å². The SMILES string of the molecule is Cc1cc([N+](=O)[O-])c(Cl)c(S(=O)(=O)N2C[C@@H]3CCC[C@@]3(C(=O)O)C2)c1. The number of aliphatic carboxylic acids is 1. The number of nitro benzene ring substituents is 1. The molecule has 0 amide bonds. The normalized spacial score (nSPS) is 26.6. The van der Waals surface area contributed by atoms with E-state index in [-0.39, 0.29) is 23.9 Å². The van der Waals surface area contributed by atoms with Crippen LogP contribution in [-0.4, -0.2) is 41.8 Å². The second-order valence-corrected chi connectivity index (χ2v) is 8.99. The van der Waals surface area contributed by atoms with Gasteiger partial charge in [0.15, 0.2) is 0 Å². The Morgan fingerprint density at radius 2 is 2.16 bits per heavy atom. The van der Waals surface area contributed by atoms with Crippen LogP contribution in [0, 0.1) is 28.4 Å². The molecule has 2 fully saturated rings. The standard InChI is InChI=1S/C15H17ClN2O6S/c1-9-5-11(18(21)22)13(16)12(6-9)25(23,24)17-7-10-3-2-4-15(10,8-17)14(19)20/h5-6,10H,2-4,7-8H2,1H3,(H,19,20)/t10-,15+/m0/s1. The molecule has 2 atom stereocenters. The Bertz CT molecular complexity index is 871. The molecule has 0 unspecified atom stereocenters. The van der Waals surface area contributed by atoms with Gasteiger partial charge >= 0.3 is 5.97 Å². The number of carbonyl (C=O) groups is 1. The van der Waals surface area contributed by atoms with Crippen LogP contribution in [-0.2, 0) is 14.8 Å². The molecule has 1 aromatic carbocycles. The number of carboxylic acids is 1. The zero-order valence-corrected chi connectivity index (χ0v) is 15.0. The summed E-state index contributed by atoms with van der Waals surface area (Å²) in [5.74, 6) is -1.24. The lowest BCUT2D eigenvalue weighted by atomic mass is 9.81. The first-order valence-electron chi connectivity index (χ1n) is 7.77. The fourth-order valence-corrected chi connectivity index (χ4v) is 6.14. The van der Waals surface area contributed by atoms with Gasteiger partial charge in [-0.2, -0.15) is 4.31 Å². The van der Waals surface area contributed by atoms with Crippen LogP contribution < -0.4 is 0 Å². The quantitative estimate of drug-likeness (QED) is 0.625. The van der Waals surface area contributed by atoms with Crippen LogP contribution in [0.1, 0.15) is 24.8 Å². The summed E-state index contributed by atoms with van der Waals surface area (Å²) in [5.41, 5.74) is -1.16. The molecule has 1 saturated carbocycles. The molecular formula is C15H17ClN2O6S. The highest BCUT2D eigenvalue weighted by atomic mass is 35.5. The number of fused-ring (bicyclic) bond motifs is 1. The van der Waals surface area contributed by atoms with Gasteiger partial charge in [-0.3, -0.25) is 14.9 Å². The zero-order valence-electron chi connectivity index (χ0n) is 13.4. The Morgan fingerprint density at radius 3 is 2.72 bits per heavy atom. The molecule has 0 aromatic heterocycles. The molecule has 10 heteroatoms. The Labute approximate surface area is 149 Å². The van der Waals surface area contributed by atoms with Crippen LogP contribution in [0.15, 0.2) is 17.0 Å². The number of rotatable bonds is 4. The molecule has 3 rings (SSSR count). The van der Waals surface area contributed by atoms with Crippen LogP contribution in [0.3, 0.4) is 0 Å². The van der Waals surface area contributed by atoms with Gasteiger partial charge in [-0.25, -0.2) is 8.42 Å². The lowest BCUT2D eigenvalue weighted by Gasteiger charge is -2.23. The maximum Gasteiger partial charge on any atom is 0.311 e. The van der Waals surface area contributed by atoms with E-state index in [4.69, 9.17) is 11.6 Å². The highest BCUT2D eigenvalue weighted by Crippen LogP contribution is 2.50. The molecule has 25 heavy (non-hydrogen) atoms. The average Bonchev–Trinajstić information content (AvgIpc) is 3.07. The lowest BCUT2D eigenvalue weighted by molar-refractivity contribution is -0.385. The van der Waals surface area contributed by atoms with Gasteiger partial charge in [0.1, 0.15) is 9.92 Å². The van der Waals surface area contributed by atoms with E-state index in [0.717, 1.165) is 10.7 Å². The summed E-state index contributed by atoms with van der Waals surface area (Å²) < 4.78 is 27.1. The lowest BCUT2D eigenvalue weighted by Crippen LogP contribution is -2.37. The Hall–Kier alpha value is -1.71. The minimum absolute atomic E-state index is 0.0900. The van der Waals surface area contributed by atoms with Gasteiger partial charge in [-0.1, -0.05) is 18.0 Å². The van der Waals surface area contributed by atoms with Crippen molar-refractivity contribution in [3.05, 3.63) is 32.8 Å². The van der Waals surface area contributed by atoms with E-state index in [1.54, 1.807) is 6.92 Å². The summed E-state index contributed by atoms with van der Waals surface area (Å²) in [5, 5.41) is 20.3. The third kappa shape index (κ3) is 2.70. The second kappa shape index (κ2) is 5.93. The topological polar surface area (TPSA) is 118 Å². The van der Waals surface area contributed by atoms with Crippen LogP contribution in [0.25, 0.3) is 0 Å². The summed E-state index contributed by atoms with van der Waals surface area (Å²) in [7, 11) is -4.13. The fourth-order valence-electron chi connectivity index (χ4n) is 3.95. The minimum Gasteiger partial charge on any atom is -0.481 e. The highest BCUT2D eigenvalue weighted by molar-refractivity contribution is 7.89. The maximum absolute atomic E-state index is 13.0. The van der Waals surface area contributed by atoms with Gasteiger partial charge in [0, 0.05) is 19.2 Å². The van der Waals surface area contributed by atoms with E-state index < -0.39 is 37.0 Å². The molecule has 1 aliphatic carbocycles. The molecule has 1 heterocycles. The molecule has 0 bridgehead atoms. The van der Waals surface area contributed by atoms with Crippen LogP contribution >= 0.6 is 11.6 Å². The highest BCUT2D eigenvalue weighted by Gasteiger charge is 2.57. The van der Waals surface area contributed by atoms with Crippen molar-refractivity contribution in [2.45, 2.75) is 31.1 Å². The van der Waals surface area contributed by atoms with Gasteiger partial charge in [0.2, 0.25) is 10.0 Å². The Kier molecular flexibility index (Phi) is 4.29. The average molecular weight is 389 g/mol. The summed E-state index contributed by atoms with van der Waals surface area (Å²) in [6.07, 6.45) is 1.84. The van der Waals surface area contributed by atoms with Crippen molar-refractivity contribution in [2.75, 3.05) is 13.1 Å². The summed E-state index contributed by atoms with van der Waals surface area (Å²) in [6, 6.07) is 2.49. The predicted octanol–water partition coefficient (Wildman–Crippen LogP) is 2.43. The van der Waals surface area contributed by atoms with Crippen molar-refractivity contribution in [2.24, 2.45) is 11.3 Å². The van der Waals surface area contributed by atoms with E-state index in [0.29, 0.717) is 18.4 Å². The van der Waals surface area contributed by atoms with E-state index >= 15 is 0 Å². The van der Waals surface area contributed by atoms with Gasteiger partial charge in [-0.05, 0) is 37.3 Å². The third-order valence-electron chi connectivity index (χ3n) is 5.24. The van der Waals surface area contributed by atoms with E-state index in [9.17, 15) is 28.4 Å². The van der Waals surface area contributed by atoms with Crippen molar-refractivity contribution >= 4 is 33.3 Å². The first-order valence-corrected chi connectivity index (χ1v) is 9.59. The number of halogens is 1. The summed E-state index contributed by atoms with van der Waals surface area (Å²) in [4.78, 5) is 21.8. The number of sulfonamides is 1. The van der Waals surface area contributed by atoms with Gasteiger partial charge in [0.05, 0.1) is 10.3 Å². The predicted molar refractivity (Wildman–Crippen MR) is 89.0 cm³/mol. The first-order chi connectivity index (χ1) is 11.6. The molecule has 8 nitrogen and oxygen atoms in total. The van der Waals surface area contributed by atoms with Crippen molar-refractivity contribution in [1.29, 1.82) is 0 Å². The number of nitro groups is 1. The molecule has 2 aliphatic rings. The third-order valence-corrected chi connectivity index (χ3v) is 7.59. The number of benzene rings is 1. The van der Waals surface area contributed by atoms with Crippen LogP contribution in [0.4, 0.5) is 5.69 Å². The molecule has 1 saturated heterocycles. The Morgan fingerprint density at radius 1 is 1.48 bits per heavy atom. The van der Waals surface area contributed by atoms with Crippen molar-refractivity contribution in [3.63, 3.8) is 0 Å². The number of hydrogen-bond acceptors (Lipinski definition) is 5. The zero-order chi connectivity index (χ0) is 18.6. The van der Waals surface area contributed by atoms with Crippen LogP contribution in [0.5, 0.6) is 0 Å².